The Morgan fingerprint density at radius 2 is 1.76 bits per heavy atom. The van der Waals surface area contributed by atoms with Crippen molar-refractivity contribution in [3.8, 4) is 0 Å². The van der Waals surface area contributed by atoms with E-state index < -0.39 is 11.5 Å². The number of nitrogens with zero attached hydrogens (tertiary/aromatic N) is 2. The molecule has 1 aliphatic heterocycles. The van der Waals surface area contributed by atoms with Crippen LogP contribution in [0.25, 0.3) is 10.9 Å². The van der Waals surface area contributed by atoms with Crippen molar-refractivity contribution in [1.29, 1.82) is 0 Å². The van der Waals surface area contributed by atoms with E-state index in [9.17, 15) is 8.78 Å². The highest BCUT2D eigenvalue weighted by atomic mass is 35.5. The van der Waals surface area contributed by atoms with Crippen molar-refractivity contribution in [3.63, 3.8) is 0 Å². The minimum atomic E-state index is -3.08. The van der Waals surface area contributed by atoms with Gasteiger partial charge in [-0.2, -0.15) is 8.78 Å². The van der Waals surface area contributed by atoms with Gasteiger partial charge in [0.15, 0.2) is 0 Å². The number of benzene rings is 2. The molecule has 0 radical (unpaired) electrons. The molecule has 1 aliphatic rings. The Kier molecular flexibility index (Phi) is 3.45. The fourth-order valence-electron chi connectivity index (χ4n) is 3.15. The Labute approximate surface area is 149 Å². The van der Waals surface area contributed by atoms with E-state index in [4.69, 9.17) is 11.6 Å². The van der Waals surface area contributed by atoms with Gasteiger partial charge in [-0.15, -0.1) is 0 Å². The highest BCUT2D eigenvalue weighted by Crippen LogP contribution is 2.47. The van der Waals surface area contributed by atoms with Crippen molar-refractivity contribution in [2.24, 2.45) is 4.99 Å². The molecule has 0 N–H and O–H groups in total. The number of hydrogen-bond acceptors (Lipinski definition) is 2. The first-order valence-corrected chi connectivity index (χ1v) is 8.31. The standard InChI is InChI=1S/C20H15ClF2N2/c1-19(2)20(22,23)16-8-7-14(21)10-15(16)18(25-19)13-9-12-5-3-4-6-17(12)24-11-13/h3-11H,1-2H3. The lowest BCUT2D eigenvalue weighted by Crippen LogP contribution is -2.44. The molecule has 0 fully saturated rings. The van der Waals surface area contributed by atoms with Crippen molar-refractivity contribution in [3.05, 3.63) is 76.4 Å². The minimum absolute atomic E-state index is 0.0555. The largest absolute Gasteiger partial charge is 0.297 e. The fourth-order valence-corrected chi connectivity index (χ4v) is 3.32. The van der Waals surface area contributed by atoms with Gasteiger partial charge in [-0.25, -0.2) is 0 Å². The molecule has 2 aromatic carbocycles. The summed E-state index contributed by atoms with van der Waals surface area (Å²) in [5.41, 5.74) is 0.777. The third-order valence-electron chi connectivity index (χ3n) is 4.60. The van der Waals surface area contributed by atoms with Crippen LogP contribution in [-0.2, 0) is 5.92 Å². The van der Waals surface area contributed by atoms with E-state index in [0.717, 1.165) is 10.9 Å². The summed E-state index contributed by atoms with van der Waals surface area (Å²) < 4.78 is 29.8. The first-order chi connectivity index (χ1) is 11.8. The van der Waals surface area contributed by atoms with E-state index in [1.165, 1.54) is 26.0 Å². The van der Waals surface area contributed by atoms with Gasteiger partial charge >= 0.3 is 0 Å². The molecule has 0 aliphatic carbocycles. The summed E-state index contributed by atoms with van der Waals surface area (Å²) in [4.78, 5) is 8.83. The maximum Gasteiger partial charge on any atom is 0.297 e. The van der Waals surface area contributed by atoms with Crippen LogP contribution in [0.2, 0.25) is 5.02 Å². The van der Waals surface area contributed by atoms with Crippen LogP contribution in [-0.4, -0.2) is 16.2 Å². The first-order valence-electron chi connectivity index (χ1n) is 7.93. The second-order valence-electron chi connectivity index (χ2n) is 6.70. The fraction of sp³-hybridized carbons (Fsp3) is 0.200. The normalized spacial score (nSPS) is 17.9. The Morgan fingerprint density at radius 3 is 2.56 bits per heavy atom. The van der Waals surface area contributed by atoms with Gasteiger partial charge in [-0.1, -0.05) is 35.9 Å². The molecule has 0 amide bonds. The number of halogens is 3. The molecule has 1 aromatic heterocycles. The number of pyridine rings is 1. The topological polar surface area (TPSA) is 25.2 Å². The zero-order valence-electron chi connectivity index (χ0n) is 13.7. The van der Waals surface area contributed by atoms with Gasteiger partial charge in [0.05, 0.1) is 11.2 Å². The zero-order chi connectivity index (χ0) is 17.8. The monoisotopic (exact) mass is 356 g/mol. The Bertz CT molecular complexity index is 1030. The SMILES string of the molecule is CC1(C)N=C(c2cnc3ccccc3c2)c2cc(Cl)ccc2C1(F)F. The molecule has 4 rings (SSSR count). The predicted molar refractivity (Wildman–Crippen MR) is 96.8 cm³/mol. The maximum atomic E-state index is 14.9. The molecule has 0 saturated heterocycles. The van der Waals surface area contributed by atoms with E-state index in [0.29, 0.717) is 21.9 Å². The van der Waals surface area contributed by atoms with E-state index >= 15 is 0 Å². The van der Waals surface area contributed by atoms with Crippen molar-refractivity contribution in [2.45, 2.75) is 25.3 Å². The third kappa shape index (κ3) is 2.44. The van der Waals surface area contributed by atoms with Crippen LogP contribution in [0.4, 0.5) is 8.78 Å². The predicted octanol–water partition coefficient (Wildman–Crippen LogP) is 5.61. The first kappa shape index (κ1) is 16.2. The molecule has 0 spiro atoms. The smallest absolute Gasteiger partial charge is 0.271 e. The molecule has 2 heterocycles. The number of hydrogen-bond donors (Lipinski definition) is 0. The van der Waals surface area contributed by atoms with Crippen molar-refractivity contribution in [2.75, 3.05) is 0 Å². The molecular formula is C20H15ClF2N2. The second kappa shape index (κ2) is 5.33. The van der Waals surface area contributed by atoms with Crippen LogP contribution in [0, 0.1) is 0 Å². The molecule has 126 valence electrons. The molecule has 0 atom stereocenters. The van der Waals surface area contributed by atoms with E-state index in [1.807, 2.05) is 30.3 Å². The lowest BCUT2D eigenvalue weighted by atomic mass is 9.81. The lowest BCUT2D eigenvalue weighted by molar-refractivity contribution is -0.0681. The highest BCUT2D eigenvalue weighted by molar-refractivity contribution is 6.31. The van der Waals surface area contributed by atoms with Gasteiger partial charge < -0.3 is 0 Å². The summed E-state index contributed by atoms with van der Waals surface area (Å²) in [6.45, 7) is 2.89. The Balaban J connectivity index is 1.99. The van der Waals surface area contributed by atoms with Crippen molar-refractivity contribution < 1.29 is 8.78 Å². The number of fused-ring (bicyclic) bond motifs is 2. The van der Waals surface area contributed by atoms with Crippen LogP contribution >= 0.6 is 11.6 Å². The minimum Gasteiger partial charge on any atom is -0.271 e. The number of alkyl halides is 2. The van der Waals surface area contributed by atoms with Gasteiger partial charge in [0, 0.05) is 33.3 Å². The summed E-state index contributed by atoms with van der Waals surface area (Å²) in [5.74, 6) is -3.08. The van der Waals surface area contributed by atoms with Gasteiger partial charge in [0.2, 0.25) is 0 Å². The average molecular weight is 357 g/mol. The zero-order valence-corrected chi connectivity index (χ0v) is 14.5. The lowest BCUT2D eigenvalue weighted by Gasteiger charge is -2.37. The maximum absolute atomic E-state index is 14.9. The van der Waals surface area contributed by atoms with E-state index in [2.05, 4.69) is 9.98 Å². The number of para-hydroxylation sites is 1. The molecule has 25 heavy (non-hydrogen) atoms. The van der Waals surface area contributed by atoms with Crippen LogP contribution < -0.4 is 0 Å². The van der Waals surface area contributed by atoms with Gasteiger partial charge in [-0.3, -0.25) is 9.98 Å². The summed E-state index contributed by atoms with van der Waals surface area (Å²) >= 11 is 6.07. The number of aliphatic imine (C=N–C) groups is 1. The summed E-state index contributed by atoms with van der Waals surface area (Å²) in [6.07, 6.45) is 1.67. The van der Waals surface area contributed by atoms with Crippen LogP contribution in [0.15, 0.2) is 59.7 Å². The quantitative estimate of drug-likeness (QED) is 0.556. The molecule has 0 bridgehead atoms. The summed E-state index contributed by atoms with van der Waals surface area (Å²) in [6, 6.07) is 14.0. The van der Waals surface area contributed by atoms with Gasteiger partial charge in [0.25, 0.3) is 5.92 Å². The van der Waals surface area contributed by atoms with Crippen molar-refractivity contribution in [1.82, 2.24) is 4.98 Å². The summed E-state index contributed by atoms with van der Waals surface area (Å²) in [7, 11) is 0. The third-order valence-corrected chi connectivity index (χ3v) is 4.83. The molecule has 2 nitrogen and oxygen atoms in total. The number of aromatic nitrogens is 1. The molecule has 0 unspecified atom stereocenters. The van der Waals surface area contributed by atoms with Crippen LogP contribution in [0.3, 0.4) is 0 Å². The molecular weight excluding hydrogens is 342 g/mol. The number of rotatable bonds is 1. The average Bonchev–Trinajstić information content (AvgIpc) is 2.58. The van der Waals surface area contributed by atoms with Gasteiger partial charge in [0.1, 0.15) is 5.54 Å². The van der Waals surface area contributed by atoms with Crippen LogP contribution in [0.1, 0.15) is 30.5 Å². The second-order valence-corrected chi connectivity index (χ2v) is 7.14. The van der Waals surface area contributed by atoms with Crippen LogP contribution in [0.5, 0.6) is 0 Å². The molecule has 0 saturated carbocycles. The molecule has 3 aromatic rings. The van der Waals surface area contributed by atoms with E-state index in [-0.39, 0.29) is 5.56 Å². The summed E-state index contributed by atoms with van der Waals surface area (Å²) in [5, 5.41) is 1.33. The Morgan fingerprint density at radius 1 is 1.00 bits per heavy atom. The van der Waals surface area contributed by atoms with E-state index in [1.54, 1.807) is 12.3 Å². The Hall–Kier alpha value is -2.33. The molecule has 5 heteroatoms. The van der Waals surface area contributed by atoms with Crippen molar-refractivity contribution >= 4 is 28.2 Å². The highest BCUT2D eigenvalue weighted by Gasteiger charge is 2.52. The van der Waals surface area contributed by atoms with Gasteiger partial charge in [-0.05, 0) is 38.1 Å².